The summed E-state index contributed by atoms with van der Waals surface area (Å²) in [5.41, 5.74) is 6.86. The third kappa shape index (κ3) is 7.93. The molecule has 6 nitrogen and oxygen atoms in total. The van der Waals surface area contributed by atoms with Crippen LogP contribution in [0.3, 0.4) is 0 Å². The lowest BCUT2D eigenvalue weighted by molar-refractivity contribution is -0.122. The second kappa shape index (κ2) is 10.8. The Balaban J connectivity index is 1.91. The van der Waals surface area contributed by atoms with E-state index in [0.717, 1.165) is 32.4 Å². The van der Waals surface area contributed by atoms with Crippen LogP contribution in [0.2, 0.25) is 0 Å². The number of likely N-dealkylation sites (tertiary alicyclic amines) is 1. The molecule has 1 aromatic rings. The summed E-state index contributed by atoms with van der Waals surface area (Å²) in [7, 11) is 2.07. The number of hydrogen-bond donors (Lipinski definition) is 3. The van der Waals surface area contributed by atoms with Crippen molar-refractivity contribution >= 4 is 11.8 Å². The third-order valence-corrected chi connectivity index (χ3v) is 4.78. The van der Waals surface area contributed by atoms with Crippen molar-refractivity contribution in [2.75, 3.05) is 20.1 Å². The average Bonchev–Trinajstić information content (AvgIpc) is 2.64. The average molecular weight is 373 g/mol. The van der Waals surface area contributed by atoms with E-state index in [4.69, 9.17) is 5.73 Å². The molecule has 2 rings (SSSR count). The van der Waals surface area contributed by atoms with Gasteiger partial charge in [-0.25, -0.2) is 0 Å². The zero-order valence-corrected chi connectivity index (χ0v) is 16.4. The Kier molecular flexibility index (Phi) is 8.48. The summed E-state index contributed by atoms with van der Waals surface area (Å²) >= 11 is 0. The van der Waals surface area contributed by atoms with Gasteiger partial charge in [-0.1, -0.05) is 36.4 Å². The number of carbonyl (C=O) groups excluding carboxylic acids is 2. The summed E-state index contributed by atoms with van der Waals surface area (Å²) in [5, 5.41) is 5.96. The van der Waals surface area contributed by atoms with Gasteiger partial charge < -0.3 is 21.3 Å². The monoisotopic (exact) mass is 372 g/mol. The van der Waals surface area contributed by atoms with Crippen molar-refractivity contribution in [1.82, 2.24) is 15.5 Å². The van der Waals surface area contributed by atoms with Crippen LogP contribution in [0.15, 0.2) is 42.5 Å². The van der Waals surface area contributed by atoms with Crippen LogP contribution >= 0.6 is 0 Å². The van der Waals surface area contributed by atoms with Crippen molar-refractivity contribution in [3.63, 3.8) is 0 Å². The van der Waals surface area contributed by atoms with Gasteiger partial charge in [0.25, 0.3) is 0 Å². The van der Waals surface area contributed by atoms with Crippen LogP contribution in [0.1, 0.15) is 31.7 Å². The molecule has 1 aromatic carbocycles. The van der Waals surface area contributed by atoms with E-state index in [9.17, 15) is 9.59 Å². The highest BCUT2D eigenvalue weighted by molar-refractivity contribution is 5.88. The van der Waals surface area contributed by atoms with Gasteiger partial charge in [0.2, 0.25) is 11.8 Å². The van der Waals surface area contributed by atoms with Gasteiger partial charge >= 0.3 is 0 Å². The maximum absolute atomic E-state index is 12.3. The molecule has 4 N–H and O–H groups in total. The number of aryl methyl sites for hydroxylation is 1. The summed E-state index contributed by atoms with van der Waals surface area (Å²) < 4.78 is 0. The predicted molar refractivity (Wildman–Crippen MR) is 108 cm³/mol. The predicted octanol–water partition coefficient (Wildman–Crippen LogP) is 1.22. The van der Waals surface area contributed by atoms with Crippen molar-refractivity contribution in [3.05, 3.63) is 48.0 Å². The van der Waals surface area contributed by atoms with Gasteiger partial charge in [-0.15, -0.1) is 0 Å². The molecule has 1 heterocycles. The van der Waals surface area contributed by atoms with Gasteiger partial charge in [-0.3, -0.25) is 9.59 Å². The van der Waals surface area contributed by atoms with Gasteiger partial charge in [-0.2, -0.15) is 0 Å². The van der Waals surface area contributed by atoms with Crippen molar-refractivity contribution in [2.24, 2.45) is 5.73 Å². The van der Waals surface area contributed by atoms with Crippen LogP contribution in [0.5, 0.6) is 0 Å². The van der Waals surface area contributed by atoms with Crippen LogP contribution in [-0.4, -0.2) is 55.0 Å². The standard InChI is InChI=1S/C21H32N4O2/c1-16(22)21(27)24-18(11-10-17-7-4-3-5-8-17)12-13-20(26)23-19-9-6-14-25(2)15-19/h3-5,7-8,12-13,16,18-19H,6,9-11,14-15,22H2,1-2H3,(H,23,26)(H,24,27)/b13-12+/t16-,18-,19?/m0/s1. The first-order valence-corrected chi connectivity index (χ1v) is 9.71. The highest BCUT2D eigenvalue weighted by atomic mass is 16.2. The summed E-state index contributed by atoms with van der Waals surface area (Å²) in [6.07, 6.45) is 6.91. The first-order valence-electron chi connectivity index (χ1n) is 9.71. The normalized spacial score (nSPS) is 20.2. The van der Waals surface area contributed by atoms with E-state index >= 15 is 0 Å². The Bertz CT molecular complexity index is 630. The van der Waals surface area contributed by atoms with Crippen LogP contribution in [0.25, 0.3) is 0 Å². The molecule has 0 saturated carbocycles. The number of piperidine rings is 1. The first-order chi connectivity index (χ1) is 12.9. The Hall–Kier alpha value is -2.18. The van der Waals surface area contributed by atoms with E-state index in [1.54, 1.807) is 13.0 Å². The number of nitrogens with zero attached hydrogens (tertiary/aromatic N) is 1. The Morgan fingerprint density at radius 1 is 1.33 bits per heavy atom. The van der Waals surface area contributed by atoms with E-state index in [1.807, 2.05) is 18.2 Å². The molecule has 0 aliphatic carbocycles. The molecule has 0 spiro atoms. The number of benzene rings is 1. The molecule has 3 atom stereocenters. The van der Waals surface area contributed by atoms with E-state index in [2.05, 4.69) is 34.7 Å². The van der Waals surface area contributed by atoms with Crippen molar-refractivity contribution in [2.45, 2.75) is 50.7 Å². The lowest BCUT2D eigenvalue weighted by Gasteiger charge is -2.29. The number of amides is 2. The van der Waals surface area contributed by atoms with Gasteiger partial charge in [0.05, 0.1) is 6.04 Å². The van der Waals surface area contributed by atoms with Gasteiger partial charge in [0, 0.05) is 24.7 Å². The Morgan fingerprint density at radius 3 is 2.74 bits per heavy atom. The number of nitrogens with one attached hydrogen (secondary N) is 2. The van der Waals surface area contributed by atoms with Crippen molar-refractivity contribution in [1.29, 1.82) is 0 Å². The number of nitrogens with two attached hydrogens (primary N) is 1. The zero-order chi connectivity index (χ0) is 19.6. The number of likely N-dealkylation sites (N-methyl/N-ethyl adjacent to an activating group) is 1. The molecule has 1 aliphatic heterocycles. The molecule has 0 radical (unpaired) electrons. The largest absolute Gasteiger partial charge is 0.349 e. The first kappa shape index (κ1) is 21.1. The van der Waals surface area contributed by atoms with Crippen LogP contribution < -0.4 is 16.4 Å². The quantitative estimate of drug-likeness (QED) is 0.599. The summed E-state index contributed by atoms with van der Waals surface area (Å²) in [6.45, 7) is 3.60. The lowest BCUT2D eigenvalue weighted by Crippen LogP contribution is -2.46. The molecule has 6 heteroatoms. The fourth-order valence-corrected chi connectivity index (χ4v) is 3.23. The van der Waals surface area contributed by atoms with Gasteiger partial charge in [0.15, 0.2) is 0 Å². The van der Waals surface area contributed by atoms with Crippen molar-refractivity contribution in [3.8, 4) is 0 Å². The molecule has 1 saturated heterocycles. The minimum atomic E-state index is -0.579. The zero-order valence-electron chi connectivity index (χ0n) is 16.4. The molecule has 0 bridgehead atoms. The van der Waals surface area contributed by atoms with E-state index < -0.39 is 6.04 Å². The van der Waals surface area contributed by atoms with Crippen LogP contribution in [-0.2, 0) is 16.0 Å². The molecule has 2 amide bonds. The van der Waals surface area contributed by atoms with E-state index in [0.29, 0.717) is 6.42 Å². The Labute approximate surface area is 162 Å². The Morgan fingerprint density at radius 2 is 2.07 bits per heavy atom. The molecule has 27 heavy (non-hydrogen) atoms. The molecular formula is C21H32N4O2. The maximum Gasteiger partial charge on any atom is 0.243 e. The summed E-state index contributed by atoms with van der Waals surface area (Å²) in [6, 6.07) is 9.45. The maximum atomic E-state index is 12.3. The summed E-state index contributed by atoms with van der Waals surface area (Å²) in [5.74, 6) is -0.331. The second-order valence-electron chi connectivity index (χ2n) is 7.40. The fourth-order valence-electron chi connectivity index (χ4n) is 3.23. The molecule has 1 unspecified atom stereocenters. The molecule has 148 valence electrons. The third-order valence-electron chi connectivity index (χ3n) is 4.78. The topological polar surface area (TPSA) is 87.5 Å². The van der Waals surface area contributed by atoms with Crippen molar-refractivity contribution < 1.29 is 9.59 Å². The van der Waals surface area contributed by atoms with Gasteiger partial charge in [-0.05, 0) is 51.8 Å². The van der Waals surface area contributed by atoms with Crippen LogP contribution in [0.4, 0.5) is 0 Å². The molecule has 1 aliphatic rings. The number of carbonyl (C=O) groups is 2. The van der Waals surface area contributed by atoms with Gasteiger partial charge in [0.1, 0.15) is 0 Å². The number of rotatable bonds is 8. The molecule has 1 fully saturated rings. The minimum absolute atomic E-state index is 0.116. The summed E-state index contributed by atoms with van der Waals surface area (Å²) in [4.78, 5) is 26.5. The highest BCUT2D eigenvalue weighted by Gasteiger charge is 2.18. The molecular weight excluding hydrogens is 340 g/mol. The second-order valence-corrected chi connectivity index (χ2v) is 7.40. The van der Waals surface area contributed by atoms with E-state index in [1.165, 1.54) is 11.6 Å². The molecule has 0 aromatic heterocycles. The minimum Gasteiger partial charge on any atom is -0.349 e. The number of hydrogen-bond acceptors (Lipinski definition) is 4. The SMILES string of the molecule is C[C@H](N)C(=O)N[C@H](/C=C/C(=O)NC1CCCN(C)C1)CCc1ccccc1. The highest BCUT2D eigenvalue weighted by Crippen LogP contribution is 2.09. The lowest BCUT2D eigenvalue weighted by atomic mass is 10.0. The fraction of sp³-hybridized carbons (Fsp3) is 0.524. The smallest absolute Gasteiger partial charge is 0.243 e. The van der Waals surface area contributed by atoms with Crippen LogP contribution in [0, 0.1) is 0 Å². The van der Waals surface area contributed by atoms with E-state index in [-0.39, 0.29) is 23.9 Å².